The molecule has 12 heavy (non-hydrogen) atoms. The Labute approximate surface area is 69.2 Å². The highest BCUT2D eigenvalue weighted by Gasteiger charge is 2.02. The molecule has 0 aliphatic carbocycles. The van der Waals surface area contributed by atoms with E-state index in [1.165, 1.54) is 0 Å². The number of aromatic nitrogens is 4. The maximum atomic E-state index is 5.40. The molecule has 2 N–H and O–H groups in total. The monoisotopic (exact) mass is 163 g/mol. The summed E-state index contributed by atoms with van der Waals surface area (Å²) in [6.45, 7) is 2.30. The van der Waals surface area contributed by atoms with E-state index in [1.54, 1.807) is 10.7 Å². The molecule has 62 valence electrons. The predicted octanol–water partition coefficient (Wildman–Crippen LogP) is -0.109. The number of hydrogen-bond acceptors (Lipinski definition) is 4. The molecule has 0 aromatic carbocycles. The standard InChI is InChI=1S/C7H9N5/c1-5-2-3-9-7-10-6(4-8)11-12(5)7/h2-3H,4,8H2,1H3. The number of aryl methyl sites for hydroxylation is 1. The van der Waals surface area contributed by atoms with Crippen LogP contribution < -0.4 is 5.73 Å². The van der Waals surface area contributed by atoms with Crippen molar-refractivity contribution < 1.29 is 0 Å². The Morgan fingerprint density at radius 2 is 2.42 bits per heavy atom. The topological polar surface area (TPSA) is 69.1 Å². The highest BCUT2D eigenvalue weighted by Crippen LogP contribution is 2.00. The van der Waals surface area contributed by atoms with E-state index < -0.39 is 0 Å². The van der Waals surface area contributed by atoms with E-state index in [0.29, 0.717) is 18.1 Å². The zero-order valence-electron chi connectivity index (χ0n) is 6.73. The van der Waals surface area contributed by atoms with Crippen LogP contribution in [-0.2, 0) is 6.54 Å². The van der Waals surface area contributed by atoms with E-state index in [9.17, 15) is 0 Å². The fourth-order valence-corrected chi connectivity index (χ4v) is 1.03. The molecule has 0 fully saturated rings. The summed E-state index contributed by atoms with van der Waals surface area (Å²) >= 11 is 0. The van der Waals surface area contributed by atoms with Gasteiger partial charge in [0.15, 0.2) is 5.82 Å². The van der Waals surface area contributed by atoms with Crippen LogP contribution in [0.25, 0.3) is 5.78 Å². The Hall–Kier alpha value is -1.49. The molecule has 0 saturated heterocycles. The predicted molar refractivity (Wildman–Crippen MR) is 43.4 cm³/mol. The van der Waals surface area contributed by atoms with Gasteiger partial charge in [-0.05, 0) is 13.0 Å². The second kappa shape index (κ2) is 2.53. The fourth-order valence-electron chi connectivity index (χ4n) is 1.03. The number of nitrogens with zero attached hydrogens (tertiary/aromatic N) is 4. The highest BCUT2D eigenvalue weighted by molar-refractivity contribution is 5.27. The van der Waals surface area contributed by atoms with Crippen LogP contribution in [0, 0.1) is 6.92 Å². The summed E-state index contributed by atoms with van der Waals surface area (Å²) in [5.41, 5.74) is 6.40. The van der Waals surface area contributed by atoms with Gasteiger partial charge in [0.1, 0.15) is 0 Å². The Balaban J connectivity index is 2.74. The van der Waals surface area contributed by atoms with E-state index in [1.807, 2.05) is 13.0 Å². The van der Waals surface area contributed by atoms with E-state index in [4.69, 9.17) is 5.73 Å². The van der Waals surface area contributed by atoms with Crippen molar-refractivity contribution in [1.82, 2.24) is 19.6 Å². The minimum atomic E-state index is 0.350. The van der Waals surface area contributed by atoms with Gasteiger partial charge in [-0.3, -0.25) is 0 Å². The fraction of sp³-hybridized carbons (Fsp3) is 0.286. The lowest BCUT2D eigenvalue weighted by atomic mass is 10.5. The molecular formula is C7H9N5. The maximum absolute atomic E-state index is 5.40. The first-order valence-electron chi connectivity index (χ1n) is 3.68. The van der Waals surface area contributed by atoms with Gasteiger partial charge in [0.2, 0.25) is 0 Å². The lowest BCUT2D eigenvalue weighted by Crippen LogP contribution is -1.99. The van der Waals surface area contributed by atoms with Crippen molar-refractivity contribution in [3.8, 4) is 0 Å². The van der Waals surface area contributed by atoms with Crippen LogP contribution in [0.4, 0.5) is 0 Å². The summed E-state index contributed by atoms with van der Waals surface area (Å²) in [4.78, 5) is 8.15. The molecule has 5 heteroatoms. The third-order valence-electron chi connectivity index (χ3n) is 1.66. The normalized spacial score (nSPS) is 10.8. The molecule has 0 aliphatic rings. The summed E-state index contributed by atoms with van der Waals surface area (Å²) in [6, 6.07) is 1.88. The quantitative estimate of drug-likeness (QED) is 0.637. The van der Waals surface area contributed by atoms with Crippen LogP contribution in [0.3, 0.4) is 0 Å². The van der Waals surface area contributed by atoms with Gasteiger partial charge in [-0.1, -0.05) is 0 Å². The van der Waals surface area contributed by atoms with Crippen LogP contribution in [-0.4, -0.2) is 19.6 Å². The third kappa shape index (κ3) is 0.947. The van der Waals surface area contributed by atoms with Crippen LogP contribution >= 0.6 is 0 Å². The molecule has 0 saturated carbocycles. The van der Waals surface area contributed by atoms with E-state index in [0.717, 1.165) is 5.69 Å². The van der Waals surface area contributed by atoms with Gasteiger partial charge < -0.3 is 5.73 Å². The molecule has 0 aliphatic heterocycles. The van der Waals surface area contributed by atoms with Crippen molar-refractivity contribution in [3.63, 3.8) is 0 Å². The third-order valence-corrected chi connectivity index (χ3v) is 1.66. The summed E-state index contributed by atoms with van der Waals surface area (Å²) in [6.07, 6.45) is 1.71. The van der Waals surface area contributed by atoms with Crippen LogP contribution in [0.5, 0.6) is 0 Å². The maximum Gasteiger partial charge on any atom is 0.252 e. The molecular weight excluding hydrogens is 154 g/mol. The summed E-state index contributed by atoms with van der Waals surface area (Å²) in [5.74, 6) is 1.23. The van der Waals surface area contributed by atoms with E-state index >= 15 is 0 Å². The highest BCUT2D eigenvalue weighted by atomic mass is 15.3. The Kier molecular flexibility index (Phi) is 1.51. The number of hydrogen-bond donors (Lipinski definition) is 1. The molecule has 0 unspecified atom stereocenters. The van der Waals surface area contributed by atoms with Gasteiger partial charge in [0, 0.05) is 11.9 Å². The molecule has 2 heterocycles. The molecule has 5 nitrogen and oxygen atoms in total. The van der Waals surface area contributed by atoms with Crippen molar-refractivity contribution in [1.29, 1.82) is 0 Å². The minimum Gasteiger partial charge on any atom is -0.324 e. The van der Waals surface area contributed by atoms with Crippen molar-refractivity contribution in [2.75, 3.05) is 0 Å². The largest absolute Gasteiger partial charge is 0.324 e. The average molecular weight is 163 g/mol. The van der Waals surface area contributed by atoms with Crippen molar-refractivity contribution >= 4 is 5.78 Å². The summed E-state index contributed by atoms with van der Waals surface area (Å²) in [5, 5.41) is 4.15. The first kappa shape index (κ1) is 7.17. The smallest absolute Gasteiger partial charge is 0.252 e. The molecule has 2 aromatic rings. The molecule has 0 spiro atoms. The molecule has 0 bridgehead atoms. The van der Waals surface area contributed by atoms with Crippen LogP contribution in [0.15, 0.2) is 12.3 Å². The zero-order chi connectivity index (χ0) is 8.55. The molecule has 0 amide bonds. The number of rotatable bonds is 1. The second-order valence-corrected chi connectivity index (χ2v) is 2.53. The van der Waals surface area contributed by atoms with Gasteiger partial charge in [0.05, 0.1) is 6.54 Å². The van der Waals surface area contributed by atoms with E-state index in [-0.39, 0.29) is 0 Å². The second-order valence-electron chi connectivity index (χ2n) is 2.53. The average Bonchev–Trinajstić information content (AvgIpc) is 2.49. The Bertz CT molecular complexity index is 405. The molecule has 2 rings (SSSR count). The van der Waals surface area contributed by atoms with E-state index in [2.05, 4.69) is 15.1 Å². The van der Waals surface area contributed by atoms with Crippen molar-refractivity contribution in [3.05, 3.63) is 23.8 Å². The SMILES string of the molecule is Cc1ccnc2nc(CN)nn12. The number of fused-ring (bicyclic) bond motifs is 1. The van der Waals surface area contributed by atoms with Gasteiger partial charge in [-0.2, -0.15) is 4.98 Å². The molecule has 2 aromatic heterocycles. The Morgan fingerprint density at radius 3 is 3.08 bits per heavy atom. The van der Waals surface area contributed by atoms with Crippen LogP contribution in [0.1, 0.15) is 11.5 Å². The summed E-state index contributed by atoms with van der Waals surface area (Å²) < 4.78 is 1.68. The number of nitrogens with two attached hydrogens (primary N) is 1. The van der Waals surface area contributed by atoms with Gasteiger partial charge >= 0.3 is 0 Å². The Morgan fingerprint density at radius 1 is 1.58 bits per heavy atom. The van der Waals surface area contributed by atoms with Gasteiger partial charge in [0.25, 0.3) is 5.78 Å². The summed E-state index contributed by atoms with van der Waals surface area (Å²) in [7, 11) is 0. The van der Waals surface area contributed by atoms with Crippen molar-refractivity contribution in [2.45, 2.75) is 13.5 Å². The van der Waals surface area contributed by atoms with Gasteiger partial charge in [-0.25, -0.2) is 9.50 Å². The lowest BCUT2D eigenvalue weighted by Gasteiger charge is -1.92. The minimum absolute atomic E-state index is 0.350. The molecule has 0 radical (unpaired) electrons. The first-order chi connectivity index (χ1) is 5.81. The molecule has 0 atom stereocenters. The van der Waals surface area contributed by atoms with Gasteiger partial charge in [-0.15, -0.1) is 5.10 Å². The van der Waals surface area contributed by atoms with Crippen LogP contribution in [0.2, 0.25) is 0 Å². The van der Waals surface area contributed by atoms with Crippen molar-refractivity contribution in [2.24, 2.45) is 5.73 Å². The lowest BCUT2D eigenvalue weighted by molar-refractivity contribution is 0.841. The first-order valence-corrected chi connectivity index (χ1v) is 3.68. The zero-order valence-corrected chi connectivity index (χ0v) is 6.73.